The van der Waals surface area contributed by atoms with Crippen molar-refractivity contribution >= 4 is 11.6 Å². The number of halogens is 1. The number of hydrogen-bond acceptors (Lipinski definition) is 1. The minimum atomic E-state index is 0.408. The normalized spacial score (nSPS) is 11.1. The van der Waals surface area contributed by atoms with Gasteiger partial charge in [-0.05, 0) is 53.6 Å². The molecule has 0 aliphatic carbocycles. The lowest BCUT2D eigenvalue weighted by Gasteiger charge is -2.15. The number of rotatable bonds is 5. The molecule has 2 rings (SSSR count). The predicted molar refractivity (Wildman–Crippen MR) is 91.1 cm³/mol. The van der Waals surface area contributed by atoms with Gasteiger partial charge in [-0.3, -0.25) is 0 Å². The molecule has 21 heavy (non-hydrogen) atoms. The molecule has 2 heteroatoms. The maximum atomic E-state index is 10.6. The second-order valence-corrected chi connectivity index (χ2v) is 6.44. The maximum absolute atomic E-state index is 10.6. The maximum Gasteiger partial charge on any atom is 0.126 e. The van der Waals surface area contributed by atoms with Gasteiger partial charge in [-0.2, -0.15) is 0 Å². The van der Waals surface area contributed by atoms with Crippen molar-refractivity contribution in [3.63, 3.8) is 0 Å². The van der Waals surface area contributed by atoms with Gasteiger partial charge in [0.2, 0.25) is 0 Å². The number of benzene rings is 2. The Hall–Kier alpha value is -1.47. The average molecular weight is 303 g/mol. The molecule has 1 nitrogen and oxygen atoms in total. The van der Waals surface area contributed by atoms with Crippen LogP contribution in [-0.4, -0.2) is 5.11 Å². The van der Waals surface area contributed by atoms with E-state index >= 15 is 0 Å². The van der Waals surface area contributed by atoms with Gasteiger partial charge in [0, 0.05) is 10.6 Å². The van der Waals surface area contributed by atoms with Crippen molar-refractivity contribution in [3.8, 4) is 16.9 Å². The van der Waals surface area contributed by atoms with Crippen LogP contribution in [0, 0.1) is 5.92 Å². The van der Waals surface area contributed by atoms with Gasteiger partial charge in [-0.15, -0.1) is 0 Å². The van der Waals surface area contributed by atoms with Crippen LogP contribution in [0.2, 0.25) is 5.02 Å². The highest BCUT2D eigenvalue weighted by Gasteiger charge is 2.13. The molecular weight excluding hydrogens is 280 g/mol. The van der Waals surface area contributed by atoms with Crippen LogP contribution >= 0.6 is 11.6 Å². The van der Waals surface area contributed by atoms with Crippen LogP contribution in [0.3, 0.4) is 0 Å². The van der Waals surface area contributed by atoms with E-state index in [1.165, 1.54) is 5.56 Å². The molecule has 0 heterocycles. The van der Waals surface area contributed by atoms with Gasteiger partial charge in [0.15, 0.2) is 0 Å². The molecule has 0 saturated heterocycles. The summed E-state index contributed by atoms with van der Waals surface area (Å²) < 4.78 is 0. The summed E-state index contributed by atoms with van der Waals surface area (Å²) in [6.07, 6.45) is 3.03. The quantitative estimate of drug-likeness (QED) is 0.733. The largest absolute Gasteiger partial charge is 0.507 e. The molecule has 0 atom stereocenters. The fraction of sp³-hybridized carbons (Fsp3) is 0.368. The standard InChI is InChI=1S/C19H23ClO/c1-4-5-14-11-16(10-13(2)3)19(21)18(12-14)15-6-8-17(20)9-7-15/h6-9,11-13,21H,4-5,10H2,1-3H3. The van der Waals surface area contributed by atoms with E-state index in [2.05, 4.69) is 32.9 Å². The zero-order valence-corrected chi connectivity index (χ0v) is 13.7. The van der Waals surface area contributed by atoms with E-state index in [1.807, 2.05) is 24.3 Å². The van der Waals surface area contributed by atoms with Crippen molar-refractivity contribution in [2.45, 2.75) is 40.0 Å². The summed E-state index contributed by atoms with van der Waals surface area (Å²) >= 11 is 5.96. The minimum Gasteiger partial charge on any atom is -0.507 e. The molecule has 2 aromatic carbocycles. The van der Waals surface area contributed by atoms with Crippen LogP contribution in [0.25, 0.3) is 11.1 Å². The summed E-state index contributed by atoms with van der Waals surface area (Å²) in [5.74, 6) is 0.928. The fourth-order valence-corrected chi connectivity index (χ4v) is 2.76. The smallest absolute Gasteiger partial charge is 0.126 e. The Morgan fingerprint density at radius 2 is 1.76 bits per heavy atom. The summed E-state index contributed by atoms with van der Waals surface area (Å²) in [4.78, 5) is 0. The van der Waals surface area contributed by atoms with E-state index in [-0.39, 0.29) is 0 Å². The summed E-state index contributed by atoms with van der Waals surface area (Å²) in [5.41, 5.74) is 4.25. The minimum absolute atomic E-state index is 0.408. The lowest BCUT2D eigenvalue weighted by molar-refractivity contribution is 0.464. The Bertz CT molecular complexity index is 600. The molecule has 0 aliphatic rings. The van der Waals surface area contributed by atoms with E-state index in [1.54, 1.807) is 0 Å². The highest BCUT2D eigenvalue weighted by Crippen LogP contribution is 2.35. The Kier molecular flexibility index (Phi) is 5.30. The summed E-state index contributed by atoms with van der Waals surface area (Å²) in [6.45, 7) is 6.53. The molecule has 1 N–H and O–H groups in total. The number of phenols is 1. The van der Waals surface area contributed by atoms with Gasteiger partial charge in [0.05, 0.1) is 0 Å². The van der Waals surface area contributed by atoms with Gasteiger partial charge >= 0.3 is 0 Å². The van der Waals surface area contributed by atoms with Crippen molar-refractivity contribution in [1.29, 1.82) is 0 Å². The Morgan fingerprint density at radius 1 is 1.10 bits per heavy atom. The molecule has 0 unspecified atom stereocenters. The van der Waals surface area contributed by atoms with Crippen molar-refractivity contribution < 1.29 is 5.11 Å². The van der Waals surface area contributed by atoms with Crippen molar-refractivity contribution in [2.75, 3.05) is 0 Å². The summed E-state index contributed by atoms with van der Waals surface area (Å²) in [7, 11) is 0. The van der Waals surface area contributed by atoms with Crippen LogP contribution in [0.15, 0.2) is 36.4 Å². The van der Waals surface area contributed by atoms with E-state index < -0.39 is 0 Å². The first-order valence-electron chi connectivity index (χ1n) is 7.62. The molecule has 0 spiro atoms. The van der Waals surface area contributed by atoms with Crippen molar-refractivity contribution in [3.05, 3.63) is 52.5 Å². The first-order chi connectivity index (χ1) is 10.0. The third-order valence-electron chi connectivity index (χ3n) is 3.57. The van der Waals surface area contributed by atoms with Crippen molar-refractivity contribution in [1.82, 2.24) is 0 Å². The van der Waals surface area contributed by atoms with Crippen LogP contribution < -0.4 is 0 Å². The van der Waals surface area contributed by atoms with Gasteiger partial charge in [0.25, 0.3) is 0 Å². The van der Waals surface area contributed by atoms with Gasteiger partial charge < -0.3 is 5.11 Å². The second kappa shape index (κ2) is 7.00. The first-order valence-corrected chi connectivity index (χ1v) is 7.99. The number of aryl methyl sites for hydroxylation is 1. The molecule has 0 fully saturated rings. The topological polar surface area (TPSA) is 20.2 Å². The Balaban J connectivity index is 2.52. The lowest BCUT2D eigenvalue weighted by atomic mass is 9.92. The molecular formula is C19H23ClO. The number of hydrogen-bond donors (Lipinski definition) is 1. The second-order valence-electron chi connectivity index (χ2n) is 6.01. The number of phenolic OH excluding ortho intramolecular Hbond substituents is 1. The molecule has 0 aromatic heterocycles. The molecule has 0 bridgehead atoms. The summed E-state index contributed by atoms with van der Waals surface area (Å²) in [5, 5.41) is 11.3. The lowest BCUT2D eigenvalue weighted by Crippen LogP contribution is -1.98. The van der Waals surface area contributed by atoms with Crippen LogP contribution in [0.4, 0.5) is 0 Å². The molecule has 2 aromatic rings. The molecule has 0 aliphatic heterocycles. The molecule has 0 amide bonds. The fourth-order valence-electron chi connectivity index (χ4n) is 2.64. The molecule has 112 valence electrons. The van der Waals surface area contributed by atoms with Crippen molar-refractivity contribution in [2.24, 2.45) is 5.92 Å². The molecule has 0 radical (unpaired) electrons. The Labute approximate surface area is 132 Å². The van der Waals surface area contributed by atoms with Crippen LogP contribution in [0.1, 0.15) is 38.3 Å². The average Bonchev–Trinajstić information content (AvgIpc) is 2.43. The zero-order valence-electron chi connectivity index (χ0n) is 13.0. The summed E-state index contributed by atoms with van der Waals surface area (Å²) in [6, 6.07) is 11.9. The SMILES string of the molecule is CCCc1cc(CC(C)C)c(O)c(-c2ccc(Cl)cc2)c1. The monoisotopic (exact) mass is 302 g/mol. The van der Waals surface area contributed by atoms with E-state index in [9.17, 15) is 5.11 Å². The van der Waals surface area contributed by atoms with E-state index in [0.29, 0.717) is 16.7 Å². The van der Waals surface area contributed by atoms with Gasteiger partial charge in [-0.25, -0.2) is 0 Å². The van der Waals surface area contributed by atoms with Gasteiger partial charge in [-0.1, -0.05) is 57.0 Å². The molecule has 0 saturated carbocycles. The predicted octanol–water partition coefficient (Wildman–Crippen LogP) is 5.86. The first kappa shape index (κ1) is 15.9. The number of aromatic hydroxyl groups is 1. The van der Waals surface area contributed by atoms with E-state index in [0.717, 1.165) is 36.0 Å². The van der Waals surface area contributed by atoms with E-state index in [4.69, 9.17) is 11.6 Å². The highest BCUT2D eigenvalue weighted by molar-refractivity contribution is 6.30. The third-order valence-corrected chi connectivity index (χ3v) is 3.82. The Morgan fingerprint density at radius 3 is 2.33 bits per heavy atom. The van der Waals surface area contributed by atoms with Crippen LogP contribution in [-0.2, 0) is 12.8 Å². The van der Waals surface area contributed by atoms with Gasteiger partial charge in [0.1, 0.15) is 5.75 Å². The van der Waals surface area contributed by atoms with Crippen LogP contribution in [0.5, 0.6) is 5.75 Å². The third kappa shape index (κ3) is 4.01. The zero-order chi connectivity index (χ0) is 15.4. The highest BCUT2D eigenvalue weighted by atomic mass is 35.5.